The molecular weight excluding hydrogens is 238 g/mol. The number of nitrogens with zero attached hydrogens (tertiary/aromatic N) is 1. The quantitative estimate of drug-likeness (QED) is 0.730. The minimum Gasteiger partial charge on any atom is -0.278 e. The summed E-state index contributed by atoms with van der Waals surface area (Å²) in [5.74, 6) is 0. The largest absolute Gasteiger partial charge is 0.278 e. The van der Waals surface area contributed by atoms with Crippen molar-refractivity contribution >= 4 is 16.4 Å². The van der Waals surface area contributed by atoms with Crippen LogP contribution in [0.2, 0.25) is 0 Å². The fraction of sp³-hybridized carbons (Fsp3) is 0.417. The first-order chi connectivity index (χ1) is 8.02. The van der Waals surface area contributed by atoms with Gasteiger partial charge in [-0.15, -0.1) is 0 Å². The van der Waals surface area contributed by atoms with Crippen molar-refractivity contribution in [2.45, 2.75) is 31.6 Å². The number of benzene rings is 1. The first kappa shape index (κ1) is 13.7. The van der Waals surface area contributed by atoms with E-state index in [1.54, 1.807) is 12.1 Å². The molecule has 0 unspecified atom stereocenters. The Balaban J connectivity index is 2.99. The lowest BCUT2D eigenvalue weighted by molar-refractivity contribution is -0.114. The highest BCUT2D eigenvalue weighted by molar-refractivity contribution is 7.89. The molecule has 0 radical (unpaired) electrons. The molecule has 0 fully saturated rings. The zero-order chi connectivity index (χ0) is 12.9. The second-order valence-electron chi connectivity index (χ2n) is 3.89. The van der Waals surface area contributed by atoms with E-state index in [9.17, 15) is 13.2 Å². The third kappa shape index (κ3) is 3.30. The number of aryl methyl sites for hydroxylation is 1. The summed E-state index contributed by atoms with van der Waals surface area (Å²) >= 11 is 0. The molecule has 0 bridgehead atoms. The highest BCUT2D eigenvalue weighted by Crippen LogP contribution is 2.15. The van der Waals surface area contributed by atoms with E-state index in [2.05, 4.69) is 0 Å². The molecule has 1 aromatic carbocycles. The SMILES string of the molecule is CCCCN(C=O)S(=O)(=O)c1ccc(C)cc1. The van der Waals surface area contributed by atoms with Gasteiger partial charge in [0.15, 0.2) is 0 Å². The molecule has 1 rings (SSSR count). The predicted molar refractivity (Wildman–Crippen MR) is 66.0 cm³/mol. The van der Waals surface area contributed by atoms with Crippen LogP contribution < -0.4 is 0 Å². The number of carbonyl (C=O) groups excluding carboxylic acids is 1. The normalized spacial score (nSPS) is 11.2. The molecule has 0 aromatic heterocycles. The van der Waals surface area contributed by atoms with Gasteiger partial charge in [0, 0.05) is 6.54 Å². The van der Waals surface area contributed by atoms with Gasteiger partial charge in [0.25, 0.3) is 10.0 Å². The lowest BCUT2D eigenvalue weighted by Gasteiger charge is -2.17. The van der Waals surface area contributed by atoms with Crippen molar-refractivity contribution in [3.63, 3.8) is 0 Å². The minimum atomic E-state index is -3.67. The molecule has 94 valence electrons. The summed E-state index contributed by atoms with van der Waals surface area (Å²) in [6.45, 7) is 4.06. The van der Waals surface area contributed by atoms with E-state index in [0.717, 1.165) is 16.3 Å². The Hall–Kier alpha value is -1.36. The van der Waals surface area contributed by atoms with Gasteiger partial charge in [-0.1, -0.05) is 31.0 Å². The Morgan fingerprint density at radius 1 is 1.24 bits per heavy atom. The third-order valence-corrected chi connectivity index (χ3v) is 4.23. The summed E-state index contributed by atoms with van der Waals surface area (Å²) < 4.78 is 25.0. The Morgan fingerprint density at radius 3 is 2.29 bits per heavy atom. The van der Waals surface area contributed by atoms with E-state index in [0.29, 0.717) is 12.8 Å². The smallest absolute Gasteiger partial charge is 0.266 e. The molecule has 0 atom stereocenters. The van der Waals surface area contributed by atoms with Gasteiger partial charge in [0.05, 0.1) is 4.90 Å². The van der Waals surface area contributed by atoms with Crippen molar-refractivity contribution in [1.82, 2.24) is 4.31 Å². The van der Waals surface area contributed by atoms with Gasteiger partial charge in [-0.05, 0) is 25.5 Å². The molecule has 0 saturated carbocycles. The molecule has 0 aliphatic carbocycles. The fourth-order valence-corrected chi connectivity index (χ4v) is 2.62. The van der Waals surface area contributed by atoms with Crippen LogP contribution in [0.1, 0.15) is 25.3 Å². The van der Waals surface area contributed by atoms with E-state index in [1.807, 2.05) is 13.8 Å². The molecule has 0 N–H and O–H groups in total. The molecule has 1 amide bonds. The van der Waals surface area contributed by atoms with Gasteiger partial charge in [-0.2, -0.15) is 0 Å². The van der Waals surface area contributed by atoms with E-state index in [-0.39, 0.29) is 11.4 Å². The van der Waals surface area contributed by atoms with Gasteiger partial charge in [0.1, 0.15) is 0 Å². The van der Waals surface area contributed by atoms with Crippen molar-refractivity contribution in [3.05, 3.63) is 29.8 Å². The molecule has 4 nitrogen and oxygen atoms in total. The van der Waals surface area contributed by atoms with Crippen molar-refractivity contribution in [1.29, 1.82) is 0 Å². The summed E-state index contributed by atoms with van der Waals surface area (Å²) in [7, 11) is -3.67. The van der Waals surface area contributed by atoms with E-state index < -0.39 is 10.0 Å². The highest BCUT2D eigenvalue weighted by Gasteiger charge is 2.21. The van der Waals surface area contributed by atoms with Crippen molar-refractivity contribution in [2.24, 2.45) is 0 Å². The molecule has 0 aliphatic rings. The van der Waals surface area contributed by atoms with Gasteiger partial charge in [-0.25, -0.2) is 12.7 Å². The van der Waals surface area contributed by atoms with Crippen molar-refractivity contribution in [2.75, 3.05) is 6.54 Å². The van der Waals surface area contributed by atoms with Crippen LogP contribution in [-0.4, -0.2) is 25.7 Å². The van der Waals surface area contributed by atoms with Crippen LogP contribution in [0.3, 0.4) is 0 Å². The summed E-state index contributed by atoms with van der Waals surface area (Å²) in [5.41, 5.74) is 0.982. The topological polar surface area (TPSA) is 54.5 Å². The molecule has 0 spiro atoms. The van der Waals surface area contributed by atoms with Crippen LogP contribution >= 0.6 is 0 Å². The molecule has 0 saturated heterocycles. The Morgan fingerprint density at radius 2 is 1.82 bits per heavy atom. The van der Waals surface area contributed by atoms with Crippen molar-refractivity contribution < 1.29 is 13.2 Å². The van der Waals surface area contributed by atoms with Gasteiger partial charge in [0.2, 0.25) is 6.41 Å². The number of unbranched alkanes of at least 4 members (excludes halogenated alkanes) is 1. The van der Waals surface area contributed by atoms with Crippen LogP contribution in [0.15, 0.2) is 29.2 Å². The first-order valence-corrected chi connectivity index (χ1v) is 7.00. The second kappa shape index (κ2) is 5.82. The molecule has 1 aromatic rings. The lowest BCUT2D eigenvalue weighted by atomic mass is 10.2. The monoisotopic (exact) mass is 255 g/mol. The summed E-state index contributed by atoms with van der Waals surface area (Å²) in [4.78, 5) is 11.0. The molecule has 17 heavy (non-hydrogen) atoms. The lowest BCUT2D eigenvalue weighted by Crippen LogP contribution is -2.30. The van der Waals surface area contributed by atoms with Gasteiger partial charge < -0.3 is 0 Å². The van der Waals surface area contributed by atoms with Crippen LogP contribution in [-0.2, 0) is 14.8 Å². The maximum absolute atomic E-state index is 12.1. The maximum atomic E-state index is 12.1. The minimum absolute atomic E-state index is 0.159. The van der Waals surface area contributed by atoms with E-state index in [1.165, 1.54) is 12.1 Å². The Kier molecular flexibility index (Phi) is 4.69. The number of rotatable bonds is 6. The maximum Gasteiger partial charge on any atom is 0.266 e. The highest BCUT2D eigenvalue weighted by atomic mass is 32.2. The molecular formula is C12H17NO3S. The van der Waals surface area contributed by atoms with Gasteiger partial charge in [-0.3, -0.25) is 4.79 Å². The zero-order valence-corrected chi connectivity index (χ0v) is 10.9. The number of sulfonamides is 1. The summed E-state index contributed by atoms with van der Waals surface area (Å²) in [6.07, 6.45) is 1.89. The number of hydrogen-bond donors (Lipinski definition) is 0. The van der Waals surface area contributed by atoms with E-state index >= 15 is 0 Å². The van der Waals surface area contributed by atoms with Gasteiger partial charge >= 0.3 is 0 Å². The van der Waals surface area contributed by atoms with Crippen molar-refractivity contribution in [3.8, 4) is 0 Å². The zero-order valence-electron chi connectivity index (χ0n) is 10.1. The first-order valence-electron chi connectivity index (χ1n) is 5.56. The average Bonchev–Trinajstić information content (AvgIpc) is 2.30. The summed E-state index contributed by atoms with van der Waals surface area (Å²) in [5, 5.41) is 0. The number of hydrogen-bond acceptors (Lipinski definition) is 3. The van der Waals surface area contributed by atoms with Crippen LogP contribution in [0, 0.1) is 6.92 Å². The summed E-state index contributed by atoms with van der Waals surface area (Å²) in [6, 6.07) is 6.48. The Bertz CT molecular complexity index is 465. The van der Waals surface area contributed by atoms with Crippen LogP contribution in [0.4, 0.5) is 0 Å². The Labute approximate surface area is 102 Å². The second-order valence-corrected chi connectivity index (χ2v) is 5.78. The predicted octanol–water partition coefficient (Wildman–Crippen LogP) is 1.94. The molecule has 5 heteroatoms. The third-order valence-electron chi connectivity index (χ3n) is 2.48. The molecule has 0 aliphatic heterocycles. The number of carbonyl (C=O) groups is 1. The van der Waals surface area contributed by atoms with Crippen LogP contribution in [0.25, 0.3) is 0 Å². The van der Waals surface area contributed by atoms with E-state index in [4.69, 9.17) is 0 Å². The fourth-order valence-electron chi connectivity index (χ4n) is 1.39. The number of amides is 1. The molecule has 0 heterocycles. The standard InChI is InChI=1S/C12H17NO3S/c1-3-4-9-13(10-14)17(15,16)12-7-5-11(2)6-8-12/h5-8,10H,3-4,9H2,1-2H3. The average molecular weight is 255 g/mol. The van der Waals surface area contributed by atoms with Crippen LogP contribution in [0.5, 0.6) is 0 Å².